The second kappa shape index (κ2) is 12.4. The molecule has 1 rings (SSSR count). The van der Waals surface area contributed by atoms with Crippen molar-refractivity contribution in [1.29, 1.82) is 0 Å². The summed E-state index contributed by atoms with van der Waals surface area (Å²) in [5, 5.41) is 6.94. The number of rotatable bonds is 10. The highest BCUT2D eigenvalue weighted by Gasteiger charge is 1.92. The van der Waals surface area contributed by atoms with Gasteiger partial charge in [-0.15, -0.1) is 12.4 Å². The van der Waals surface area contributed by atoms with Crippen LogP contribution in [0.15, 0.2) is 30.3 Å². The van der Waals surface area contributed by atoms with Crippen molar-refractivity contribution in [2.24, 2.45) is 0 Å². The predicted octanol–water partition coefficient (Wildman–Crippen LogP) is 2.13. The van der Waals surface area contributed by atoms with Gasteiger partial charge in [0.1, 0.15) is 0 Å². The summed E-state index contributed by atoms with van der Waals surface area (Å²) >= 11 is 0. The van der Waals surface area contributed by atoms with Crippen molar-refractivity contribution in [2.45, 2.75) is 19.4 Å². The molecule has 1 aromatic carbocycles. The van der Waals surface area contributed by atoms with E-state index in [1.807, 2.05) is 0 Å². The van der Waals surface area contributed by atoms with Crippen molar-refractivity contribution in [1.82, 2.24) is 15.5 Å². The van der Waals surface area contributed by atoms with E-state index in [1.54, 1.807) is 0 Å². The van der Waals surface area contributed by atoms with Gasteiger partial charge in [-0.05, 0) is 58.7 Å². The average molecular weight is 286 g/mol. The first-order chi connectivity index (χ1) is 8.79. The van der Waals surface area contributed by atoms with Crippen LogP contribution in [0.3, 0.4) is 0 Å². The summed E-state index contributed by atoms with van der Waals surface area (Å²) in [7, 11) is 4.24. The van der Waals surface area contributed by atoms with Crippen LogP contribution in [0.5, 0.6) is 0 Å². The van der Waals surface area contributed by atoms with Gasteiger partial charge in [-0.25, -0.2) is 0 Å². The second-order valence-electron chi connectivity index (χ2n) is 4.92. The molecule has 0 spiro atoms. The first-order valence-electron chi connectivity index (χ1n) is 6.89. The zero-order chi connectivity index (χ0) is 13.1. The summed E-state index contributed by atoms with van der Waals surface area (Å²) in [6.45, 7) is 5.45. The highest BCUT2D eigenvalue weighted by Crippen LogP contribution is 1.96. The first-order valence-corrected chi connectivity index (χ1v) is 6.89. The summed E-state index contributed by atoms with van der Waals surface area (Å²) in [4.78, 5) is 2.23. The molecule has 110 valence electrons. The molecule has 0 amide bonds. The summed E-state index contributed by atoms with van der Waals surface area (Å²) in [6, 6.07) is 10.5. The molecule has 0 aliphatic rings. The van der Waals surface area contributed by atoms with Crippen molar-refractivity contribution in [3.63, 3.8) is 0 Å². The van der Waals surface area contributed by atoms with E-state index in [1.165, 1.54) is 24.9 Å². The summed E-state index contributed by atoms with van der Waals surface area (Å²) < 4.78 is 0. The van der Waals surface area contributed by atoms with Gasteiger partial charge in [-0.2, -0.15) is 0 Å². The van der Waals surface area contributed by atoms with Gasteiger partial charge < -0.3 is 15.5 Å². The van der Waals surface area contributed by atoms with E-state index in [-0.39, 0.29) is 12.4 Å². The lowest BCUT2D eigenvalue weighted by Crippen LogP contribution is -2.24. The van der Waals surface area contributed by atoms with E-state index < -0.39 is 0 Å². The topological polar surface area (TPSA) is 27.3 Å². The molecule has 1 aromatic rings. The van der Waals surface area contributed by atoms with Gasteiger partial charge in [-0.3, -0.25) is 0 Å². The van der Waals surface area contributed by atoms with Crippen molar-refractivity contribution in [2.75, 3.05) is 40.3 Å². The first kappa shape index (κ1) is 18.4. The summed E-state index contributed by atoms with van der Waals surface area (Å²) in [6.07, 6.45) is 2.42. The Labute approximate surface area is 124 Å². The third-order valence-corrected chi connectivity index (χ3v) is 2.84. The molecule has 4 heteroatoms. The predicted molar refractivity (Wildman–Crippen MR) is 86.1 cm³/mol. The molecule has 0 atom stereocenters. The summed E-state index contributed by atoms with van der Waals surface area (Å²) in [5.41, 5.74) is 1.36. The second-order valence-corrected chi connectivity index (χ2v) is 4.92. The van der Waals surface area contributed by atoms with Crippen LogP contribution in [-0.2, 0) is 6.54 Å². The third-order valence-electron chi connectivity index (χ3n) is 2.84. The van der Waals surface area contributed by atoms with E-state index in [9.17, 15) is 0 Å². The van der Waals surface area contributed by atoms with Gasteiger partial charge in [0.05, 0.1) is 0 Å². The number of hydrogen-bond donors (Lipinski definition) is 2. The van der Waals surface area contributed by atoms with Gasteiger partial charge in [-0.1, -0.05) is 30.3 Å². The van der Waals surface area contributed by atoms with Crippen molar-refractivity contribution >= 4 is 12.4 Å². The molecule has 0 radical (unpaired) electrons. The van der Waals surface area contributed by atoms with E-state index in [4.69, 9.17) is 0 Å². The minimum Gasteiger partial charge on any atom is -0.317 e. The molecule has 3 nitrogen and oxygen atoms in total. The van der Waals surface area contributed by atoms with Crippen LogP contribution in [0.25, 0.3) is 0 Å². The Hall–Kier alpha value is -0.610. The molecular weight excluding hydrogens is 258 g/mol. The van der Waals surface area contributed by atoms with Gasteiger partial charge in [0, 0.05) is 6.54 Å². The molecule has 0 bridgehead atoms. The van der Waals surface area contributed by atoms with Crippen molar-refractivity contribution < 1.29 is 0 Å². The monoisotopic (exact) mass is 285 g/mol. The maximum Gasteiger partial charge on any atom is 0.0205 e. The van der Waals surface area contributed by atoms with Gasteiger partial charge in [0.15, 0.2) is 0 Å². The van der Waals surface area contributed by atoms with Gasteiger partial charge in [0.25, 0.3) is 0 Å². The molecule has 0 saturated heterocycles. The van der Waals surface area contributed by atoms with Crippen LogP contribution in [0.2, 0.25) is 0 Å². The van der Waals surface area contributed by atoms with Gasteiger partial charge in [0.2, 0.25) is 0 Å². The fourth-order valence-electron chi connectivity index (χ4n) is 1.81. The smallest absolute Gasteiger partial charge is 0.0205 e. The SMILES string of the molecule is CN(C)CCCNCCCNCc1ccccc1.Cl. The van der Waals surface area contributed by atoms with Crippen LogP contribution in [-0.4, -0.2) is 45.2 Å². The quantitative estimate of drug-likeness (QED) is 0.645. The minimum absolute atomic E-state index is 0. The Bertz CT molecular complexity index is 291. The van der Waals surface area contributed by atoms with Crippen LogP contribution in [0, 0.1) is 0 Å². The Morgan fingerprint density at radius 3 is 2.21 bits per heavy atom. The summed E-state index contributed by atoms with van der Waals surface area (Å²) in [5.74, 6) is 0. The number of benzene rings is 1. The van der Waals surface area contributed by atoms with Crippen molar-refractivity contribution in [3.8, 4) is 0 Å². The average Bonchev–Trinajstić information content (AvgIpc) is 2.37. The lowest BCUT2D eigenvalue weighted by molar-refractivity contribution is 0.394. The Morgan fingerprint density at radius 2 is 1.53 bits per heavy atom. The minimum atomic E-state index is 0. The Morgan fingerprint density at radius 1 is 0.895 bits per heavy atom. The molecule has 19 heavy (non-hydrogen) atoms. The Kier molecular flexibility index (Phi) is 12.0. The maximum absolute atomic E-state index is 3.47. The van der Waals surface area contributed by atoms with E-state index in [0.717, 1.165) is 26.2 Å². The van der Waals surface area contributed by atoms with E-state index >= 15 is 0 Å². The maximum atomic E-state index is 3.47. The zero-order valence-electron chi connectivity index (χ0n) is 12.2. The Balaban J connectivity index is 0.00000324. The highest BCUT2D eigenvalue weighted by molar-refractivity contribution is 5.85. The standard InChI is InChI=1S/C15H27N3.ClH/c1-18(2)13-7-12-16-10-6-11-17-14-15-8-4-3-5-9-15;/h3-5,8-9,16-17H,6-7,10-14H2,1-2H3;1H. The number of nitrogens with one attached hydrogen (secondary N) is 2. The molecule has 0 aromatic heterocycles. The molecule has 0 fully saturated rings. The zero-order valence-corrected chi connectivity index (χ0v) is 13.0. The molecule has 0 aliphatic carbocycles. The normalized spacial score (nSPS) is 10.5. The number of hydrogen-bond acceptors (Lipinski definition) is 3. The van der Waals surface area contributed by atoms with Crippen LogP contribution >= 0.6 is 12.4 Å². The lowest BCUT2D eigenvalue weighted by atomic mass is 10.2. The fraction of sp³-hybridized carbons (Fsp3) is 0.600. The fourth-order valence-corrected chi connectivity index (χ4v) is 1.81. The van der Waals surface area contributed by atoms with Crippen LogP contribution in [0.1, 0.15) is 18.4 Å². The van der Waals surface area contributed by atoms with Crippen LogP contribution < -0.4 is 10.6 Å². The van der Waals surface area contributed by atoms with Gasteiger partial charge >= 0.3 is 0 Å². The van der Waals surface area contributed by atoms with Crippen LogP contribution in [0.4, 0.5) is 0 Å². The van der Waals surface area contributed by atoms with Crippen molar-refractivity contribution in [3.05, 3.63) is 35.9 Å². The largest absolute Gasteiger partial charge is 0.317 e. The highest BCUT2D eigenvalue weighted by atomic mass is 35.5. The molecule has 0 saturated carbocycles. The molecule has 0 aliphatic heterocycles. The van der Waals surface area contributed by atoms with E-state index in [2.05, 4.69) is 60.0 Å². The number of nitrogens with zero attached hydrogens (tertiary/aromatic N) is 1. The molecule has 0 unspecified atom stereocenters. The number of halogens is 1. The third kappa shape index (κ3) is 11.0. The molecular formula is C15H28ClN3. The van der Waals surface area contributed by atoms with E-state index in [0.29, 0.717) is 0 Å². The molecule has 0 heterocycles. The lowest BCUT2D eigenvalue weighted by Gasteiger charge is -2.10. The molecule has 2 N–H and O–H groups in total.